The van der Waals surface area contributed by atoms with E-state index in [9.17, 15) is 10.2 Å². The minimum absolute atomic E-state index is 0.0523. The molecule has 0 spiro atoms. The number of hydrogen-bond acceptors (Lipinski definition) is 5. The third-order valence-corrected chi connectivity index (χ3v) is 2.55. The van der Waals surface area contributed by atoms with Crippen LogP contribution in [0.5, 0.6) is 23.0 Å². The summed E-state index contributed by atoms with van der Waals surface area (Å²) in [4.78, 5) is 0. The van der Waals surface area contributed by atoms with Crippen molar-refractivity contribution < 1.29 is 14.9 Å². The Morgan fingerprint density at radius 2 is 1.61 bits per heavy atom. The van der Waals surface area contributed by atoms with Crippen molar-refractivity contribution in [2.45, 2.75) is 6.92 Å². The van der Waals surface area contributed by atoms with E-state index >= 15 is 0 Å². The van der Waals surface area contributed by atoms with Gasteiger partial charge in [0.2, 0.25) is 0 Å². The van der Waals surface area contributed by atoms with Crippen LogP contribution in [0.1, 0.15) is 5.56 Å². The average molecular weight is 246 g/mol. The van der Waals surface area contributed by atoms with Crippen LogP contribution in [0.4, 0.5) is 11.4 Å². The van der Waals surface area contributed by atoms with Crippen molar-refractivity contribution in [3.8, 4) is 23.0 Å². The lowest BCUT2D eigenvalue weighted by atomic mass is 10.2. The standard InChI is InChI=1S/C13H14N2O3/c1-7-4-11(17)13(6-9(7)15)18-12-5-8(14)2-3-10(12)16/h2-6,16-17H,14-15H2,1H3. The third-order valence-electron chi connectivity index (χ3n) is 2.55. The molecule has 5 heteroatoms. The van der Waals surface area contributed by atoms with E-state index in [0.717, 1.165) is 5.56 Å². The van der Waals surface area contributed by atoms with Crippen LogP contribution in [-0.4, -0.2) is 10.2 Å². The Balaban J connectivity index is 2.40. The Hall–Kier alpha value is -2.56. The number of phenolic OH excluding ortho intramolecular Hbond substituents is 2. The molecule has 0 amide bonds. The second kappa shape index (κ2) is 4.37. The summed E-state index contributed by atoms with van der Waals surface area (Å²) in [5.74, 6) is 0.207. The molecule has 0 aliphatic heterocycles. The Morgan fingerprint density at radius 3 is 2.33 bits per heavy atom. The molecule has 0 fully saturated rings. The first kappa shape index (κ1) is 11.9. The van der Waals surface area contributed by atoms with E-state index in [1.165, 1.54) is 24.3 Å². The lowest BCUT2D eigenvalue weighted by Gasteiger charge is -2.11. The molecule has 0 atom stereocenters. The van der Waals surface area contributed by atoms with Crippen LogP contribution >= 0.6 is 0 Å². The topological polar surface area (TPSA) is 102 Å². The number of aryl methyl sites for hydroxylation is 1. The molecule has 5 nitrogen and oxygen atoms in total. The van der Waals surface area contributed by atoms with Gasteiger partial charge in [-0.2, -0.15) is 0 Å². The summed E-state index contributed by atoms with van der Waals surface area (Å²) in [6.45, 7) is 1.77. The van der Waals surface area contributed by atoms with Gasteiger partial charge in [0.15, 0.2) is 23.0 Å². The summed E-state index contributed by atoms with van der Waals surface area (Å²) < 4.78 is 5.40. The van der Waals surface area contributed by atoms with Crippen molar-refractivity contribution in [2.75, 3.05) is 11.5 Å². The van der Waals surface area contributed by atoms with Crippen molar-refractivity contribution in [1.82, 2.24) is 0 Å². The second-order valence-electron chi connectivity index (χ2n) is 4.01. The molecular weight excluding hydrogens is 232 g/mol. The number of rotatable bonds is 2. The molecule has 94 valence electrons. The Bertz CT molecular complexity index is 597. The van der Waals surface area contributed by atoms with Crippen LogP contribution in [0.25, 0.3) is 0 Å². The fraction of sp³-hybridized carbons (Fsp3) is 0.0769. The highest BCUT2D eigenvalue weighted by molar-refractivity contribution is 5.59. The predicted octanol–water partition coefficient (Wildman–Crippen LogP) is 2.36. The smallest absolute Gasteiger partial charge is 0.171 e. The zero-order chi connectivity index (χ0) is 13.3. The zero-order valence-corrected chi connectivity index (χ0v) is 9.84. The fourth-order valence-electron chi connectivity index (χ4n) is 1.50. The lowest BCUT2D eigenvalue weighted by molar-refractivity contribution is 0.385. The number of anilines is 2. The summed E-state index contributed by atoms with van der Waals surface area (Å²) in [5, 5.41) is 19.4. The molecule has 0 saturated carbocycles. The van der Waals surface area contributed by atoms with Crippen LogP contribution in [0.3, 0.4) is 0 Å². The fourth-order valence-corrected chi connectivity index (χ4v) is 1.50. The number of aromatic hydroxyl groups is 2. The lowest BCUT2D eigenvalue weighted by Crippen LogP contribution is -1.93. The normalized spacial score (nSPS) is 10.3. The van der Waals surface area contributed by atoms with Crippen LogP contribution in [-0.2, 0) is 0 Å². The molecule has 2 aromatic rings. The van der Waals surface area contributed by atoms with E-state index in [1.807, 2.05) is 0 Å². The molecule has 0 aliphatic rings. The van der Waals surface area contributed by atoms with E-state index in [1.54, 1.807) is 13.0 Å². The van der Waals surface area contributed by atoms with Gasteiger partial charge in [-0.1, -0.05) is 0 Å². The van der Waals surface area contributed by atoms with E-state index in [0.29, 0.717) is 11.4 Å². The van der Waals surface area contributed by atoms with Crippen molar-refractivity contribution in [2.24, 2.45) is 0 Å². The maximum absolute atomic E-state index is 9.74. The largest absolute Gasteiger partial charge is 0.504 e. The molecule has 2 aromatic carbocycles. The van der Waals surface area contributed by atoms with E-state index in [4.69, 9.17) is 16.2 Å². The van der Waals surface area contributed by atoms with Gasteiger partial charge < -0.3 is 26.4 Å². The van der Waals surface area contributed by atoms with Crippen LogP contribution in [0.15, 0.2) is 30.3 Å². The van der Waals surface area contributed by atoms with E-state index in [-0.39, 0.29) is 23.0 Å². The summed E-state index contributed by atoms with van der Waals surface area (Å²) in [7, 11) is 0. The Morgan fingerprint density at radius 1 is 0.944 bits per heavy atom. The van der Waals surface area contributed by atoms with Crippen LogP contribution in [0.2, 0.25) is 0 Å². The van der Waals surface area contributed by atoms with Gasteiger partial charge in [-0.3, -0.25) is 0 Å². The van der Waals surface area contributed by atoms with E-state index in [2.05, 4.69) is 0 Å². The number of benzene rings is 2. The van der Waals surface area contributed by atoms with Crippen molar-refractivity contribution in [3.63, 3.8) is 0 Å². The van der Waals surface area contributed by atoms with Gasteiger partial charge in [0, 0.05) is 23.5 Å². The monoisotopic (exact) mass is 246 g/mol. The van der Waals surface area contributed by atoms with Crippen LogP contribution < -0.4 is 16.2 Å². The van der Waals surface area contributed by atoms with Gasteiger partial charge in [0.05, 0.1) is 0 Å². The second-order valence-corrected chi connectivity index (χ2v) is 4.01. The maximum Gasteiger partial charge on any atom is 0.171 e. The van der Waals surface area contributed by atoms with Crippen molar-refractivity contribution in [1.29, 1.82) is 0 Å². The molecule has 0 radical (unpaired) electrons. The number of phenols is 2. The van der Waals surface area contributed by atoms with Gasteiger partial charge in [0.25, 0.3) is 0 Å². The molecule has 0 heterocycles. The van der Waals surface area contributed by atoms with Gasteiger partial charge >= 0.3 is 0 Å². The summed E-state index contributed by atoms with van der Waals surface area (Å²) in [5.41, 5.74) is 13.0. The summed E-state index contributed by atoms with van der Waals surface area (Å²) in [6.07, 6.45) is 0. The minimum atomic E-state index is -0.0669. The maximum atomic E-state index is 9.74. The molecule has 2 rings (SSSR count). The van der Waals surface area contributed by atoms with Gasteiger partial charge in [-0.05, 0) is 30.7 Å². The highest BCUT2D eigenvalue weighted by atomic mass is 16.5. The number of nitrogen functional groups attached to an aromatic ring is 2. The molecule has 0 aromatic heterocycles. The summed E-state index contributed by atoms with van der Waals surface area (Å²) >= 11 is 0. The number of hydrogen-bond donors (Lipinski definition) is 4. The number of nitrogens with two attached hydrogens (primary N) is 2. The van der Waals surface area contributed by atoms with Gasteiger partial charge in [0.1, 0.15) is 0 Å². The first-order chi connectivity index (χ1) is 8.47. The highest BCUT2D eigenvalue weighted by Gasteiger charge is 2.10. The zero-order valence-electron chi connectivity index (χ0n) is 9.84. The molecular formula is C13H14N2O3. The predicted molar refractivity (Wildman–Crippen MR) is 69.8 cm³/mol. The first-order valence-electron chi connectivity index (χ1n) is 5.33. The number of ether oxygens (including phenoxy) is 1. The molecule has 0 bridgehead atoms. The van der Waals surface area contributed by atoms with Gasteiger partial charge in [-0.25, -0.2) is 0 Å². The quantitative estimate of drug-likeness (QED) is 0.481. The third kappa shape index (κ3) is 2.24. The molecule has 18 heavy (non-hydrogen) atoms. The van der Waals surface area contributed by atoms with Gasteiger partial charge in [-0.15, -0.1) is 0 Å². The Kier molecular flexibility index (Phi) is 2.89. The van der Waals surface area contributed by atoms with Crippen molar-refractivity contribution in [3.05, 3.63) is 35.9 Å². The highest BCUT2D eigenvalue weighted by Crippen LogP contribution is 2.38. The first-order valence-corrected chi connectivity index (χ1v) is 5.33. The molecule has 6 N–H and O–H groups in total. The van der Waals surface area contributed by atoms with Crippen molar-refractivity contribution >= 4 is 11.4 Å². The average Bonchev–Trinajstić information content (AvgIpc) is 2.30. The minimum Gasteiger partial charge on any atom is -0.504 e. The molecule has 0 saturated heterocycles. The molecule has 0 unspecified atom stereocenters. The van der Waals surface area contributed by atoms with E-state index < -0.39 is 0 Å². The SMILES string of the molecule is Cc1cc(O)c(Oc2cc(N)ccc2O)cc1N. The molecule has 0 aliphatic carbocycles. The summed E-state index contributed by atoms with van der Waals surface area (Å²) in [6, 6.07) is 7.41. The Labute approximate surface area is 104 Å². The van der Waals surface area contributed by atoms with Crippen LogP contribution in [0, 0.1) is 6.92 Å².